The molecule has 2 amide bonds. The van der Waals surface area contributed by atoms with Crippen LogP contribution in [0.25, 0.3) is 0 Å². The molecule has 0 aromatic heterocycles. The summed E-state index contributed by atoms with van der Waals surface area (Å²) >= 11 is 0. The molecule has 1 aliphatic heterocycles. The third kappa shape index (κ3) is 3.18. The number of piperidine rings is 1. The van der Waals surface area contributed by atoms with Gasteiger partial charge in [0.2, 0.25) is 0 Å². The Morgan fingerprint density at radius 2 is 2.21 bits per heavy atom. The summed E-state index contributed by atoms with van der Waals surface area (Å²) in [4.78, 5) is 13.5. The van der Waals surface area contributed by atoms with Crippen molar-refractivity contribution in [2.45, 2.75) is 32.7 Å². The average molecular weight is 199 g/mol. The van der Waals surface area contributed by atoms with E-state index in [0.717, 1.165) is 39.0 Å². The highest BCUT2D eigenvalue weighted by Gasteiger charge is 2.17. The number of nitrogens with zero attached hydrogens (tertiary/aromatic N) is 1. The van der Waals surface area contributed by atoms with Crippen LogP contribution >= 0.6 is 0 Å². The topological polar surface area (TPSA) is 44.4 Å². The highest BCUT2D eigenvalue weighted by atomic mass is 16.2. The summed E-state index contributed by atoms with van der Waals surface area (Å²) in [7, 11) is 0. The van der Waals surface area contributed by atoms with E-state index < -0.39 is 0 Å². The van der Waals surface area contributed by atoms with Gasteiger partial charge < -0.3 is 15.5 Å². The van der Waals surface area contributed by atoms with Gasteiger partial charge in [-0.1, -0.05) is 0 Å². The van der Waals surface area contributed by atoms with Crippen molar-refractivity contribution in [3.05, 3.63) is 0 Å². The maximum atomic E-state index is 11.7. The molecule has 2 N–H and O–H groups in total. The fourth-order valence-corrected chi connectivity index (χ4v) is 1.75. The minimum absolute atomic E-state index is 0.0729. The van der Waals surface area contributed by atoms with E-state index in [4.69, 9.17) is 0 Å². The molecule has 1 atom stereocenters. The number of nitrogens with one attached hydrogen (secondary N) is 2. The van der Waals surface area contributed by atoms with Crippen LogP contribution < -0.4 is 10.6 Å². The smallest absolute Gasteiger partial charge is 0.317 e. The van der Waals surface area contributed by atoms with Crippen LogP contribution in [0, 0.1) is 0 Å². The Bertz CT molecular complexity index is 174. The van der Waals surface area contributed by atoms with E-state index in [-0.39, 0.29) is 6.03 Å². The molecule has 0 aliphatic carbocycles. The highest BCUT2D eigenvalue weighted by molar-refractivity contribution is 5.74. The van der Waals surface area contributed by atoms with Crippen LogP contribution in [-0.4, -0.2) is 43.2 Å². The summed E-state index contributed by atoms with van der Waals surface area (Å²) in [6.45, 7) is 7.56. The Morgan fingerprint density at radius 3 is 2.71 bits per heavy atom. The summed E-state index contributed by atoms with van der Waals surface area (Å²) in [5, 5.41) is 6.33. The number of urea groups is 1. The fraction of sp³-hybridized carbons (Fsp3) is 0.900. The van der Waals surface area contributed by atoms with Gasteiger partial charge in [0.15, 0.2) is 0 Å². The maximum absolute atomic E-state index is 11.7. The molecule has 82 valence electrons. The molecule has 4 nitrogen and oxygen atoms in total. The van der Waals surface area contributed by atoms with Crippen molar-refractivity contribution in [3.63, 3.8) is 0 Å². The van der Waals surface area contributed by atoms with Crippen LogP contribution in [0.4, 0.5) is 4.79 Å². The standard InChI is InChI=1S/C10H21N3O/c1-3-13(4-2)10(14)12-9-6-5-7-11-8-9/h9,11H,3-8H2,1-2H3,(H,12,14)/t9-/m0/s1. The van der Waals surface area contributed by atoms with E-state index in [1.54, 1.807) is 0 Å². The number of carbonyl (C=O) groups excluding carboxylic acids is 1. The van der Waals surface area contributed by atoms with Crippen molar-refractivity contribution in [2.75, 3.05) is 26.2 Å². The Morgan fingerprint density at radius 1 is 1.50 bits per heavy atom. The van der Waals surface area contributed by atoms with Gasteiger partial charge in [0.1, 0.15) is 0 Å². The summed E-state index contributed by atoms with van der Waals surface area (Å²) in [6, 6.07) is 0.389. The number of hydrogen-bond acceptors (Lipinski definition) is 2. The monoisotopic (exact) mass is 199 g/mol. The van der Waals surface area contributed by atoms with Crippen molar-refractivity contribution in [3.8, 4) is 0 Å². The fourth-order valence-electron chi connectivity index (χ4n) is 1.75. The van der Waals surface area contributed by atoms with Crippen molar-refractivity contribution in [1.82, 2.24) is 15.5 Å². The zero-order valence-corrected chi connectivity index (χ0v) is 9.18. The first kappa shape index (κ1) is 11.3. The summed E-state index contributed by atoms with van der Waals surface area (Å²) < 4.78 is 0. The minimum Gasteiger partial charge on any atom is -0.334 e. The lowest BCUT2D eigenvalue weighted by molar-refractivity contribution is 0.196. The lowest BCUT2D eigenvalue weighted by Crippen LogP contribution is -2.50. The molecule has 1 aliphatic rings. The quantitative estimate of drug-likeness (QED) is 0.706. The highest BCUT2D eigenvalue weighted by Crippen LogP contribution is 2.02. The SMILES string of the molecule is CCN(CC)C(=O)N[C@H]1CCCNC1. The molecule has 0 spiro atoms. The molecule has 1 heterocycles. The van der Waals surface area contributed by atoms with Gasteiger partial charge in [-0.25, -0.2) is 4.79 Å². The number of rotatable bonds is 3. The Hall–Kier alpha value is -0.770. The lowest BCUT2D eigenvalue weighted by Gasteiger charge is -2.27. The van der Waals surface area contributed by atoms with Crippen LogP contribution in [0.1, 0.15) is 26.7 Å². The van der Waals surface area contributed by atoms with Crippen LogP contribution in [0.15, 0.2) is 0 Å². The lowest BCUT2D eigenvalue weighted by atomic mass is 10.1. The van der Waals surface area contributed by atoms with Gasteiger partial charge in [0.05, 0.1) is 0 Å². The van der Waals surface area contributed by atoms with Crippen LogP contribution in [-0.2, 0) is 0 Å². The first-order valence-corrected chi connectivity index (χ1v) is 5.54. The number of hydrogen-bond donors (Lipinski definition) is 2. The van der Waals surface area contributed by atoms with Gasteiger partial charge in [-0.2, -0.15) is 0 Å². The molecule has 1 saturated heterocycles. The second kappa shape index (κ2) is 5.86. The van der Waals surface area contributed by atoms with Crippen molar-refractivity contribution in [2.24, 2.45) is 0 Å². The molecular weight excluding hydrogens is 178 g/mol. The Labute approximate surface area is 86.0 Å². The maximum Gasteiger partial charge on any atom is 0.317 e. The van der Waals surface area contributed by atoms with E-state index in [1.807, 2.05) is 18.7 Å². The Balaban J connectivity index is 2.30. The molecule has 0 aromatic rings. The van der Waals surface area contributed by atoms with Crippen molar-refractivity contribution < 1.29 is 4.79 Å². The van der Waals surface area contributed by atoms with E-state index in [1.165, 1.54) is 0 Å². The minimum atomic E-state index is 0.0729. The molecule has 14 heavy (non-hydrogen) atoms. The average Bonchev–Trinajstić information content (AvgIpc) is 2.21. The van der Waals surface area contributed by atoms with Crippen LogP contribution in [0.2, 0.25) is 0 Å². The normalized spacial score (nSPS) is 21.7. The Kier molecular flexibility index (Phi) is 4.73. The molecule has 0 saturated carbocycles. The van der Waals surface area contributed by atoms with E-state index >= 15 is 0 Å². The van der Waals surface area contributed by atoms with Gasteiger partial charge in [-0.05, 0) is 33.2 Å². The zero-order valence-electron chi connectivity index (χ0n) is 9.18. The predicted molar refractivity (Wildman–Crippen MR) is 57.3 cm³/mol. The second-order valence-corrected chi connectivity index (χ2v) is 3.67. The van der Waals surface area contributed by atoms with E-state index in [0.29, 0.717) is 6.04 Å². The van der Waals surface area contributed by atoms with E-state index in [9.17, 15) is 4.79 Å². The third-order valence-corrected chi connectivity index (χ3v) is 2.68. The number of amides is 2. The molecule has 1 fully saturated rings. The molecular formula is C10H21N3O. The molecule has 0 radical (unpaired) electrons. The largest absolute Gasteiger partial charge is 0.334 e. The number of carbonyl (C=O) groups is 1. The van der Waals surface area contributed by atoms with Gasteiger partial charge in [-0.3, -0.25) is 0 Å². The van der Waals surface area contributed by atoms with Gasteiger partial charge >= 0.3 is 6.03 Å². The van der Waals surface area contributed by atoms with Gasteiger partial charge in [0, 0.05) is 25.7 Å². The summed E-state index contributed by atoms with van der Waals surface area (Å²) in [6.07, 6.45) is 2.25. The van der Waals surface area contributed by atoms with Gasteiger partial charge in [0.25, 0.3) is 0 Å². The first-order chi connectivity index (χ1) is 6.77. The van der Waals surface area contributed by atoms with Crippen LogP contribution in [0.3, 0.4) is 0 Å². The van der Waals surface area contributed by atoms with Crippen molar-refractivity contribution >= 4 is 6.03 Å². The van der Waals surface area contributed by atoms with Crippen molar-refractivity contribution in [1.29, 1.82) is 0 Å². The molecule has 4 heteroatoms. The molecule has 1 rings (SSSR count). The third-order valence-electron chi connectivity index (χ3n) is 2.68. The van der Waals surface area contributed by atoms with E-state index in [2.05, 4.69) is 10.6 Å². The predicted octanol–water partition coefficient (Wildman–Crippen LogP) is 0.790. The molecule has 0 aromatic carbocycles. The second-order valence-electron chi connectivity index (χ2n) is 3.67. The zero-order chi connectivity index (χ0) is 10.4. The first-order valence-electron chi connectivity index (χ1n) is 5.54. The van der Waals surface area contributed by atoms with Gasteiger partial charge in [-0.15, -0.1) is 0 Å². The van der Waals surface area contributed by atoms with Crippen LogP contribution in [0.5, 0.6) is 0 Å². The molecule has 0 unspecified atom stereocenters. The molecule has 0 bridgehead atoms. The summed E-state index contributed by atoms with van der Waals surface area (Å²) in [5.74, 6) is 0. The summed E-state index contributed by atoms with van der Waals surface area (Å²) in [5.41, 5.74) is 0.